The van der Waals surface area contributed by atoms with Crippen molar-refractivity contribution in [2.45, 2.75) is 39.2 Å². The summed E-state index contributed by atoms with van der Waals surface area (Å²) >= 11 is 0. The van der Waals surface area contributed by atoms with Crippen molar-refractivity contribution in [1.82, 2.24) is 15.5 Å². The average Bonchev–Trinajstić information content (AvgIpc) is 2.63. The Morgan fingerprint density at radius 2 is 1.92 bits per heavy atom. The van der Waals surface area contributed by atoms with Gasteiger partial charge in [0.15, 0.2) is 5.96 Å². The zero-order valence-corrected chi connectivity index (χ0v) is 15.1. The predicted octanol–water partition coefficient (Wildman–Crippen LogP) is 2.17. The standard InChI is InChI=1S/C19H30N4O/c1-4-16-7-5-6-8-17(16)14-22-19(21-3)23-11-9-15(10-12-23)13-18(24)20-2/h5-8,15H,4,9-14H2,1-3H3,(H,20,24)(H,21,22). The molecule has 0 aliphatic carbocycles. The molecule has 24 heavy (non-hydrogen) atoms. The lowest BCUT2D eigenvalue weighted by molar-refractivity contribution is -0.121. The van der Waals surface area contributed by atoms with Crippen LogP contribution >= 0.6 is 0 Å². The molecule has 5 heteroatoms. The topological polar surface area (TPSA) is 56.7 Å². The maximum atomic E-state index is 11.5. The molecule has 2 N–H and O–H groups in total. The van der Waals surface area contributed by atoms with E-state index in [0.717, 1.165) is 44.9 Å². The van der Waals surface area contributed by atoms with Gasteiger partial charge in [-0.2, -0.15) is 0 Å². The van der Waals surface area contributed by atoms with E-state index >= 15 is 0 Å². The van der Waals surface area contributed by atoms with Gasteiger partial charge in [-0.05, 0) is 36.3 Å². The number of rotatable bonds is 5. The number of aliphatic imine (C=N–C) groups is 1. The van der Waals surface area contributed by atoms with E-state index in [1.807, 2.05) is 7.05 Å². The first kappa shape index (κ1) is 18.3. The molecule has 1 aromatic rings. The minimum Gasteiger partial charge on any atom is -0.359 e. The minimum absolute atomic E-state index is 0.145. The summed E-state index contributed by atoms with van der Waals surface area (Å²) in [6.07, 6.45) is 3.76. The molecule has 0 radical (unpaired) electrons. The number of hydrogen-bond donors (Lipinski definition) is 2. The molecule has 0 aromatic heterocycles. The number of nitrogens with one attached hydrogen (secondary N) is 2. The number of likely N-dealkylation sites (tertiary alicyclic amines) is 1. The molecule has 1 aliphatic rings. The SMILES string of the molecule is CCc1ccccc1CNC(=NC)N1CCC(CC(=O)NC)CC1. The summed E-state index contributed by atoms with van der Waals surface area (Å²) in [7, 11) is 3.54. The van der Waals surface area contributed by atoms with E-state index in [1.165, 1.54) is 11.1 Å². The molecule has 1 aromatic carbocycles. The molecular formula is C19H30N4O. The van der Waals surface area contributed by atoms with Gasteiger partial charge in [0.1, 0.15) is 0 Å². The highest BCUT2D eigenvalue weighted by Crippen LogP contribution is 2.20. The summed E-state index contributed by atoms with van der Waals surface area (Å²) < 4.78 is 0. The number of piperidine rings is 1. The fourth-order valence-corrected chi connectivity index (χ4v) is 3.29. The molecule has 1 amide bonds. The monoisotopic (exact) mass is 330 g/mol. The number of nitrogens with zero attached hydrogens (tertiary/aromatic N) is 2. The van der Waals surface area contributed by atoms with Crippen molar-refractivity contribution < 1.29 is 4.79 Å². The summed E-state index contributed by atoms with van der Waals surface area (Å²) in [5, 5.41) is 6.21. The summed E-state index contributed by atoms with van der Waals surface area (Å²) in [6, 6.07) is 8.54. The molecular weight excluding hydrogens is 300 g/mol. The van der Waals surface area contributed by atoms with Gasteiger partial charge in [0, 0.05) is 40.2 Å². The quantitative estimate of drug-likeness (QED) is 0.643. The summed E-state index contributed by atoms with van der Waals surface area (Å²) in [4.78, 5) is 18.2. The number of aryl methyl sites for hydroxylation is 1. The van der Waals surface area contributed by atoms with Crippen LogP contribution in [-0.4, -0.2) is 44.0 Å². The van der Waals surface area contributed by atoms with E-state index in [1.54, 1.807) is 7.05 Å². The van der Waals surface area contributed by atoms with Gasteiger partial charge in [0.25, 0.3) is 0 Å². The third-order valence-electron chi connectivity index (χ3n) is 4.82. The molecule has 0 saturated carbocycles. The van der Waals surface area contributed by atoms with E-state index in [2.05, 4.69) is 51.7 Å². The molecule has 1 fully saturated rings. The zero-order valence-electron chi connectivity index (χ0n) is 15.1. The van der Waals surface area contributed by atoms with Crippen molar-refractivity contribution in [2.24, 2.45) is 10.9 Å². The lowest BCUT2D eigenvalue weighted by atomic mass is 9.93. The second-order valence-corrected chi connectivity index (χ2v) is 6.33. The van der Waals surface area contributed by atoms with Crippen molar-refractivity contribution in [3.05, 3.63) is 35.4 Å². The van der Waals surface area contributed by atoms with Gasteiger partial charge >= 0.3 is 0 Å². The third-order valence-corrected chi connectivity index (χ3v) is 4.82. The van der Waals surface area contributed by atoms with Crippen LogP contribution in [0.3, 0.4) is 0 Å². The number of benzene rings is 1. The molecule has 1 saturated heterocycles. The molecule has 0 bridgehead atoms. The van der Waals surface area contributed by atoms with Crippen LogP contribution < -0.4 is 10.6 Å². The van der Waals surface area contributed by atoms with Crippen LogP contribution in [0.25, 0.3) is 0 Å². The first-order valence-corrected chi connectivity index (χ1v) is 8.90. The van der Waals surface area contributed by atoms with E-state index in [-0.39, 0.29) is 5.91 Å². The number of amides is 1. The van der Waals surface area contributed by atoms with Gasteiger partial charge in [0.05, 0.1) is 0 Å². The van der Waals surface area contributed by atoms with Crippen LogP contribution in [0.2, 0.25) is 0 Å². The molecule has 5 nitrogen and oxygen atoms in total. The maximum Gasteiger partial charge on any atom is 0.220 e. The number of hydrogen-bond acceptors (Lipinski definition) is 2. The largest absolute Gasteiger partial charge is 0.359 e. The number of carbonyl (C=O) groups excluding carboxylic acids is 1. The minimum atomic E-state index is 0.145. The fraction of sp³-hybridized carbons (Fsp3) is 0.579. The Morgan fingerprint density at radius 3 is 2.50 bits per heavy atom. The Bertz CT molecular complexity index is 562. The average molecular weight is 330 g/mol. The first-order valence-electron chi connectivity index (χ1n) is 8.90. The van der Waals surface area contributed by atoms with Crippen molar-refractivity contribution in [1.29, 1.82) is 0 Å². The van der Waals surface area contributed by atoms with Crippen LogP contribution in [0.5, 0.6) is 0 Å². The normalized spacial score (nSPS) is 16.1. The third kappa shape index (κ3) is 4.98. The van der Waals surface area contributed by atoms with Crippen LogP contribution in [0.4, 0.5) is 0 Å². The van der Waals surface area contributed by atoms with Gasteiger partial charge in [-0.3, -0.25) is 9.79 Å². The lowest BCUT2D eigenvalue weighted by Crippen LogP contribution is -2.45. The highest BCUT2D eigenvalue weighted by molar-refractivity contribution is 5.80. The van der Waals surface area contributed by atoms with Crippen molar-refractivity contribution in [2.75, 3.05) is 27.2 Å². The van der Waals surface area contributed by atoms with Crippen LogP contribution in [-0.2, 0) is 17.8 Å². The Hall–Kier alpha value is -2.04. The summed E-state index contributed by atoms with van der Waals surface area (Å²) in [5.74, 6) is 1.59. The Labute approximate surface area is 145 Å². The van der Waals surface area contributed by atoms with Gasteiger partial charge in [0.2, 0.25) is 5.91 Å². The highest BCUT2D eigenvalue weighted by Gasteiger charge is 2.23. The molecule has 132 valence electrons. The fourth-order valence-electron chi connectivity index (χ4n) is 3.29. The van der Waals surface area contributed by atoms with Gasteiger partial charge < -0.3 is 15.5 Å². The molecule has 1 heterocycles. The Morgan fingerprint density at radius 1 is 1.25 bits per heavy atom. The van der Waals surface area contributed by atoms with Crippen LogP contribution in [0, 0.1) is 5.92 Å². The second kappa shape index (κ2) is 9.30. The molecule has 0 atom stereocenters. The van der Waals surface area contributed by atoms with Gasteiger partial charge in [-0.25, -0.2) is 0 Å². The maximum absolute atomic E-state index is 11.5. The smallest absolute Gasteiger partial charge is 0.220 e. The van der Waals surface area contributed by atoms with Crippen molar-refractivity contribution >= 4 is 11.9 Å². The lowest BCUT2D eigenvalue weighted by Gasteiger charge is -2.34. The van der Waals surface area contributed by atoms with E-state index < -0.39 is 0 Å². The summed E-state index contributed by atoms with van der Waals surface area (Å²) in [6.45, 7) is 4.90. The molecule has 1 aliphatic heterocycles. The van der Waals surface area contributed by atoms with Crippen LogP contribution in [0.1, 0.15) is 37.3 Å². The predicted molar refractivity (Wildman–Crippen MR) is 99.0 cm³/mol. The summed E-state index contributed by atoms with van der Waals surface area (Å²) in [5.41, 5.74) is 2.71. The van der Waals surface area contributed by atoms with Gasteiger partial charge in [-0.15, -0.1) is 0 Å². The molecule has 0 spiro atoms. The molecule has 0 unspecified atom stereocenters. The first-order chi connectivity index (χ1) is 11.7. The highest BCUT2D eigenvalue weighted by atomic mass is 16.1. The second-order valence-electron chi connectivity index (χ2n) is 6.33. The van der Waals surface area contributed by atoms with E-state index in [9.17, 15) is 4.79 Å². The van der Waals surface area contributed by atoms with Crippen molar-refractivity contribution in [3.63, 3.8) is 0 Å². The van der Waals surface area contributed by atoms with Crippen molar-refractivity contribution in [3.8, 4) is 0 Å². The van der Waals surface area contributed by atoms with E-state index in [4.69, 9.17) is 0 Å². The molecule has 2 rings (SSSR count). The Balaban J connectivity index is 1.86. The number of carbonyl (C=O) groups is 1. The Kier molecular flexibility index (Phi) is 7.09. The zero-order chi connectivity index (χ0) is 17.4. The number of guanidine groups is 1. The van der Waals surface area contributed by atoms with E-state index in [0.29, 0.717) is 12.3 Å². The van der Waals surface area contributed by atoms with Gasteiger partial charge in [-0.1, -0.05) is 31.2 Å². The van der Waals surface area contributed by atoms with Crippen LogP contribution in [0.15, 0.2) is 29.3 Å².